The smallest absolute Gasteiger partial charge is 0.0674 e. The minimum absolute atomic E-state index is 0.335. The van der Waals surface area contributed by atoms with Crippen LogP contribution in [-0.2, 0) is 4.74 Å². The molecule has 0 aromatic carbocycles. The van der Waals surface area contributed by atoms with E-state index in [9.17, 15) is 0 Å². The number of hydrogen-bond donors (Lipinski definition) is 1. The molecule has 0 aliphatic rings. The van der Waals surface area contributed by atoms with Crippen LogP contribution in [0.3, 0.4) is 0 Å². The summed E-state index contributed by atoms with van der Waals surface area (Å²) in [5.74, 6) is 0. The first-order valence-corrected chi connectivity index (χ1v) is 11.8. The summed E-state index contributed by atoms with van der Waals surface area (Å²) in [6, 6.07) is 4.21. The molecule has 3 heteroatoms. The van der Waals surface area contributed by atoms with Gasteiger partial charge in [-0.05, 0) is 63.8 Å². The van der Waals surface area contributed by atoms with Gasteiger partial charge in [-0.15, -0.1) is 11.3 Å². The lowest BCUT2D eigenvalue weighted by Gasteiger charge is -2.18. The molecular formula is C25H45NOS. The van der Waals surface area contributed by atoms with Crippen LogP contribution in [0.1, 0.15) is 79.0 Å². The van der Waals surface area contributed by atoms with Crippen LogP contribution in [0.15, 0.2) is 47.4 Å². The van der Waals surface area contributed by atoms with E-state index in [2.05, 4.69) is 87.8 Å². The largest absolute Gasteiger partial charge is 0.374 e. The van der Waals surface area contributed by atoms with Crippen molar-refractivity contribution in [2.45, 2.75) is 86.4 Å². The number of ether oxygens (including phenoxy) is 1. The molecule has 1 rings (SSSR count). The molecule has 28 heavy (non-hydrogen) atoms. The van der Waals surface area contributed by atoms with E-state index in [-0.39, 0.29) is 0 Å². The molecule has 2 unspecified atom stereocenters. The molecule has 2 atom stereocenters. The molecule has 0 radical (unpaired) electrons. The predicted octanol–water partition coefficient (Wildman–Crippen LogP) is 7.89. The summed E-state index contributed by atoms with van der Waals surface area (Å²) in [5.41, 5.74) is 1.27. The van der Waals surface area contributed by atoms with Gasteiger partial charge < -0.3 is 10.1 Å². The topological polar surface area (TPSA) is 21.3 Å². The minimum atomic E-state index is 0.335. The highest BCUT2D eigenvalue weighted by molar-refractivity contribution is 7.10. The summed E-state index contributed by atoms with van der Waals surface area (Å²) in [7, 11) is 1.95. The van der Waals surface area contributed by atoms with Crippen molar-refractivity contribution in [3.05, 3.63) is 52.3 Å². The molecular weight excluding hydrogens is 362 g/mol. The summed E-state index contributed by atoms with van der Waals surface area (Å²) in [6.07, 6.45) is 16.4. The Kier molecular flexibility index (Phi) is 23.0. The molecule has 0 spiro atoms. The van der Waals surface area contributed by atoms with Gasteiger partial charge in [0.25, 0.3) is 0 Å². The Morgan fingerprint density at radius 3 is 2.36 bits per heavy atom. The van der Waals surface area contributed by atoms with Crippen molar-refractivity contribution in [2.24, 2.45) is 0 Å². The zero-order chi connectivity index (χ0) is 21.6. The van der Waals surface area contributed by atoms with Gasteiger partial charge in [0.2, 0.25) is 0 Å². The van der Waals surface area contributed by atoms with Gasteiger partial charge in [0, 0.05) is 11.4 Å². The molecule has 1 N–H and O–H groups in total. The number of hydrogen-bond acceptors (Lipinski definition) is 3. The summed E-state index contributed by atoms with van der Waals surface area (Å²) in [5, 5.41) is 5.19. The van der Waals surface area contributed by atoms with E-state index in [0.29, 0.717) is 12.2 Å². The molecule has 1 heterocycles. The van der Waals surface area contributed by atoms with Gasteiger partial charge in [-0.2, -0.15) is 0 Å². The molecule has 0 aliphatic carbocycles. The highest BCUT2D eigenvalue weighted by atomic mass is 32.1. The fourth-order valence-electron chi connectivity index (χ4n) is 2.41. The molecule has 0 bridgehead atoms. The lowest BCUT2D eigenvalue weighted by Crippen LogP contribution is -2.27. The lowest BCUT2D eigenvalue weighted by atomic mass is 10.2. The maximum atomic E-state index is 5.67. The van der Waals surface area contributed by atoms with Crippen molar-refractivity contribution in [1.29, 1.82) is 0 Å². The molecule has 2 nitrogen and oxygen atoms in total. The van der Waals surface area contributed by atoms with Gasteiger partial charge in [0.1, 0.15) is 0 Å². The Balaban J connectivity index is 0. The molecule has 0 saturated heterocycles. The quantitative estimate of drug-likeness (QED) is 0.376. The minimum Gasteiger partial charge on any atom is -0.374 e. The first kappa shape index (κ1) is 29.0. The van der Waals surface area contributed by atoms with Crippen molar-refractivity contribution >= 4 is 17.4 Å². The molecule has 0 amide bonds. The van der Waals surface area contributed by atoms with E-state index in [4.69, 9.17) is 4.74 Å². The summed E-state index contributed by atoms with van der Waals surface area (Å²) in [6.45, 7) is 15.6. The fourth-order valence-corrected chi connectivity index (χ4v) is 3.02. The average molecular weight is 408 g/mol. The number of rotatable bonds is 11. The maximum Gasteiger partial charge on any atom is 0.0674 e. The van der Waals surface area contributed by atoms with E-state index >= 15 is 0 Å². The Morgan fingerprint density at radius 2 is 1.86 bits per heavy atom. The number of allylic oxidation sites excluding steroid dienone is 5. The van der Waals surface area contributed by atoms with Crippen LogP contribution in [-0.4, -0.2) is 25.8 Å². The van der Waals surface area contributed by atoms with Crippen LogP contribution < -0.4 is 5.32 Å². The number of likely N-dealkylation sites (N-methyl/N-ethyl adjacent to an activating group) is 1. The molecule has 0 fully saturated rings. The Morgan fingerprint density at radius 1 is 1.14 bits per heavy atom. The average Bonchev–Trinajstić information content (AvgIpc) is 3.20. The Hall–Kier alpha value is -1.16. The van der Waals surface area contributed by atoms with E-state index < -0.39 is 0 Å². The molecule has 1 aromatic rings. The van der Waals surface area contributed by atoms with Crippen molar-refractivity contribution < 1.29 is 4.74 Å². The van der Waals surface area contributed by atoms with Crippen LogP contribution in [0.4, 0.5) is 0 Å². The maximum absolute atomic E-state index is 5.67. The summed E-state index contributed by atoms with van der Waals surface area (Å²) >= 11 is 1.77. The second-order valence-electron chi connectivity index (χ2n) is 6.43. The molecule has 162 valence electrons. The second kappa shape index (κ2) is 22.1. The zero-order valence-electron chi connectivity index (χ0n) is 19.6. The van der Waals surface area contributed by atoms with Crippen LogP contribution in [0.2, 0.25) is 0 Å². The highest BCUT2D eigenvalue weighted by Crippen LogP contribution is 2.12. The van der Waals surface area contributed by atoms with Gasteiger partial charge in [-0.3, -0.25) is 0 Å². The van der Waals surface area contributed by atoms with Crippen molar-refractivity contribution in [1.82, 2.24) is 5.32 Å². The van der Waals surface area contributed by atoms with Crippen molar-refractivity contribution in [3.63, 3.8) is 0 Å². The van der Waals surface area contributed by atoms with Crippen LogP contribution in [0.25, 0.3) is 6.08 Å². The molecule has 0 saturated carbocycles. The number of thiophene rings is 1. The molecule has 1 aromatic heterocycles. The second-order valence-corrected chi connectivity index (χ2v) is 7.41. The Bertz CT molecular complexity index is 493. The van der Waals surface area contributed by atoms with Crippen LogP contribution in [0.5, 0.6) is 0 Å². The lowest BCUT2D eigenvalue weighted by molar-refractivity contribution is 0.00555. The van der Waals surface area contributed by atoms with E-state index in [1.165, 1.54) is 23.3 Å². The van der Waals surface area contributed by atoms with Gasteiger partial charge in [0.05, 0.1) is 12.2 Å². The van der Waals surface area contributed by atoms with Crippen LogP contribution in [0, 0.1) is 0 Å². The van der Waals surface area contributed by atoms with Gasteiger partial charge >= 0.3 is 0 Å². The summed E-state index contributed by atoms with van der Waals surface area (Å²) in [4.78, 5) is 1.30. The van der Waals surface area contributed by atoms with E-state index in [0.717, 1.165) is 19.4 Å². The third-order valence-electron chi connectivity index (χ3n) is 3.73. The first-order chi connectivity index (χ1) is 13.6. The Labute approximate surface area is 179 Å². The van der Waals surface area contributed by atoms with Crippen molar-refractivity contribution in [2.75, 3.05) is 13.6 Å². The number of unbranched alkanes of at least 4 members (excludes halogenated alkanes) is 1. The fraction of sp³-hybridized carbons (Fsp3) is 0.600. The standard InChI is InChI=1S/C14H18S.C9H21NO.C2H6/c1-3-5-6-8-13(4-2)10-11-14-9-7-12-15-14;1-5-6-8(2)11-9(3)7-10-4;1-2/h4,6-12H,3,5H2,1-2H3;8-10H,5-7H2,1-4H3;1-2H3/b8-6-,11-10+,13-4?;;. The SMILES string of the molecule is CC.CC=C(/C=C\CCC)/C=C/c1cccs1.CCCC(C)OC(C)CNC. The van der Waals surface area contributed by atoms with Gasteiger partial charge in [-0.25, -0.2) is 0 Å². The predicted molar refractivity (Wildman–Crippen MR) is 131 cm³/mol. The monoisotopic (exact) mass is 407 g/mol. The molecule has 0 aliphatic heterocycles. The van der Waals surface area contributed by atoms with E-state index in [1.807, 2.05) is 20.9 Å². The van der Waals surface area contributed by atoms with Gasteiger partial charge in [0.15, 0.2) is 0 Å². The zero-order valence-corrected chi connectivity index (χ0v) is 20.4. The van der Waals surface area contributed by atoms with E-state index in [1.54, 1.807) is 11.3 Å². The highest BCUT2D eigenvalue weighted by Gasteiger charge is 2.05. The number of nitrogens with one attached hydrogen (secondary N) is 1. The first-order valence-electron chi connectivity index (χ1n) is 10.9. The van der Waals surface area contributed by atoms with Crippen molar-refractivity contribution in [3.8, 4) is 0 Å². The normalized spacial score (nSPS) is 13.6. The van der Waals surface area contributed by atoms with Gasteiger partial charge in [-0.1, -0.05) is 70.9 Å². The summed E-state index contributed by atoms with van der Waals surface area (Å²) < 4.78 is 5.67. The third kappa shape index (κ3) is 18.2. The third-order valence-corrected chi connectivity index (χ3v) is 4.57. The van der Waals surface area contributed by atoms with Crippen LogP contribution >= 0.6 is 11.3 Å².